The van der Waals surface area contributed by atoms with Crippen molar-refractivity contribution < 1.29 is 9.90 Å². The minimum atomic E-state index is -0.0647. The molecule has 5 rings (SSSR count). The number of fused-ring (bicyclic) bond motifs is 1. The molecule has 3 aromatic rings. The number of aromatic hydroxyl groups is 1. The van der Waals surface area contributed by atoms with Crippen LogP contribution in [-0.4, -0.2) is 46.1 Å². The Bertz CT molecular complexity index is 1220. The Morgan fingerprint density at radius 1 is 1.00 bits per heavy atom. The second-order valence-corrected chi connectivity index (χ2v) is 10.6. The molecule has 1 aliphatic carbocycles. The molecule has 2 fully saturated rings. The Kier molecular flexibility index (Phi) is 7.37. The summed E-state index contributed by atoms with van der Waals surface area (Å²) in [6, 6.07) is 11.7. The van der Waals surface area contributed by atoms with Gasteiger partial charge in [-0.2, -0.15) is 0 Å². The maximum absolute atomic E-state index is 12.4. The van der Waals surface area contributed by atoms with E-state index in [9.17, 15) is 9.90 Å². The number of rotatable bonds is 5. The molecule has 1 amide bonds. The summed E-state index contributed by atoms with van der Waals surface area (Å²) in [5.41, 5.74) is 3.27. The first-order chi connectivity index (χ1) is 17.0. The summed E-state index contributed by atoms with van der Waals surface area (Å²) in [5.74, 6) is 0.786. The second-order valence-electron chi connectivity index (χ2n) is 9.81. The Labute approximate surface area is 216 Å². The SMILES string of the molecule is O=C(/C=C/c1ccc(Cl)c(Cl)c1)NC1CCC(N2CCC(c3c[nH]c4ccc(O)cc34)CC2)CC1. The van der Waals surface area contributed by atoms with Crippen LogP contribution in [0.5, 0.6) is 5.75 Å². The van der Waals surface area contributed by atoms with E-state index < -0.39 is 0 Å². The van der Waals surface area contributed by atoms with Crippen molar-refractivity contribution in [3.63, 3.8) is 0 Å². The quantitative estimate of drug-likeness (QED) is 0.342. The summed E-state index contributed by atoms with van der Waals surface area (Å²) in [7, 11) is 0. The fourth-order valence-electron chi connectivity index (χ4n) is 5.67. The summed E-state index contributed by atoms with van der Waals surface area (Å²) in [4.78, 5) is 18.4. The highest BCUT2D eigenvalue weighted by molar-refractivity contribution is 6.42. The average Bonchev–Trinajstić information content (AvgIpc) is 3.28. The zero-order chi connectivity index (χ0) is 24.4. The van der Waals surface area contributed by atoms with Gasteiger partial charge in [0.1, 0.15) is 5.75 Å². The molecule has 2 aromatic carbocycles. The molecule has 3 N–H and O–H groups in total. The number of aromatic nitrogens is 1. The van der Waals surface area contributed by atoms with Crippen LogP contribution in [0.3, 0.4) is 0 Å². The van der Waals surface area contributed by atoms with Crippen LogP contribution < -0.4 is 5.32 Å². The van der Waals surface area contributed by atoms with Crippen molar-refractivity contribution in [3.8, 4) is 5.75 Å². The predicted molar refractivity (Wildman–Crippen MR) is 143 cm³/mol. The molecule has 1 aromatic heterocycles. The number of carbonyl (C=O) groups excluding carboxylic acids is 1. The minimum absolute atomic E-state index is 0.0647. The lowest BCUT2D eigenvalue weighted by Gasteiger charge is -2.41. The third-order valence-electron chi connectivity index (χ3n) is 7.60. The van der Waals surface area contributed by atoms with Gasteiger partial charge in [-0.25, -0.2) is 0 Å². The number of nitrogens with one attached hydrogen (secondary N) is 2. The zero-order valence-electron chi connectivity index (χ0n) is 19.6. The normalized spacial score (nSPS) is 22.1. The Morgan fingerprint density at radius 3 is 2.51 bits per heavy atom. The van der Waals surface area contributed by atoms with Gasteiger partial charge in [-0.05, 0) is 105 Å². The lowest BCUT2D eigenvalue weighted by Crippen LogP contribution is -2.46. The van der Waals surface area contributed by atoms with Crippen molar-refractivity contribution in [2.75, 3.05) is 13.1 Å². The van der Waals surface area contributed by atoms with Gasteiger partial charge in [0, 0.05) is 35.3 Å². The number of benzene rings is 2. The van der Waals surface area contributed by atoms with Crippen molar-refractivity contribution in [1.29, 1.82) is 0 Å². The largest absolute Gasteiger partial charge is 0.508 e. The van der Waals surface area contributed by atoms with Gasteiger partial charge < -0.3 is 20.3 Å². The Hall–Kier alpha value is -2.47. The molecule has 184 valence electrons. The molecule has 1 saturated heterocycles. The highest BCUT2D eigenvalue weighted by atomic mass is 35.5. The summed E-state index contributed by atoms with van der Waals surface area (Å²) < 4.78 is 0. The highest BCUT2D eigenvalue weighted by Gasteiger charge is 2.30. The van der Waals surface area contributed by atoms with Gasteiger partial charge in [0.25, 0.3) is 0 Å². The van der Waals surface area contributed by atoms with Crippen molar-refractivity contribution in [3.05, 3.63) is 69.8 Å². The molecule has 0 spiro atoms. The van der Waals surface area contributed by atoms with Crippen molar-refractivity contribution >= 4 is 46.1 Å². The van der Waals surface area contributed by atoms with E-state index in [4.69, 9.17) is 23.2 Å². The molecule has 0 unspecified atom stereocenters. The number of phenols is 1. The first kappa shape index (κ1) is 24.2. The predicted octanol–water partition coefficient (Wildman–Crippen LogP) is 6.50. The molecular weight excluding hydrogens is 481 g/mol. The molecule has 2 aliphatic rings. The third kappa shape index (κ3) is 5.69. The smallest absolute Gasteiger partial charge is 0.244 e. The Balaban J connectivity index is 1.08. The van der Waals surface area contributed by atoms with Crippen LogP contribution in [0, 0.1) is 0 Å². The number of hydrogen-bond donors (Lipinski definition) is 3. The van der Waals surface area contributed by atoms with Gasteiger partial charge in [0.15, 0.2) is 0 Å². The van der Waals surface area contributed by atoms with E-state index in [1.165, 1.54) is 5.56 Å². The molecule has 2 heterocycles. The summed E-state index contributed by atoms with van der Waals surface area (Å²) in [5, 5.41) is 15.2. The molecule has 5 nitrogen and oxygen atoms in total. The number of aromatic amines is 1. The Morgan fingerprint density at radius 2 is 1.77 bits per heavy atom. The number of amides is 1. The molecule has 0 radical (unpaired) electrons. The van der Waals surface area contributed by atoms with E-state index in [-0.39, 0.29) is 11.9 Å². The molecule has 0 bridgehead atoms. The van der Waals surface area contributed by atoms with E-state index in [0.29, 0.717) is 27.8 Å². The number of likely N-dealkylation sites (tertiary alicyclic amines) is 1. The number of piperidine rings is 1. The van der Waals surface area contributed by atoms with Gasteiger partial charge in [0.2, 0.25) is 5.91 Å². The first-order valence-electron chi connectivity index (χ1n) is 12.4. The third-order valence-corrected chi connectivity index (χ3v) is 8.34. The van der Waals surface area contributed by atoms with Gasteiger partial charge in [-0.1, -0.05) is 29.3 Å². The number of halogens is 2. The number of phenolic OH excluding ortho intramolecular Hbond substituents is 1. The van der Waals surface area contributed by atoms with Crippen molar-refractivity contribution in [1.82, 2.24) is 15.2 Å². The van der Waals surface area contributed by atoms with Gasteiger partial charge in [-0.15, -0.1) is 0 Å². The van der Waals surface area contributed by atoms with Crippen molar-refractivity contribution in [2.24, 2.45) is 0 Å². The molecule has 7 heteroatoms. The lowest BCUT2D eigenvalue weighted by atomic mass is 9.85. The van der Waals surface area contributed by atoms with Crippen LogP contribution in [0.15, 0.2) is 48.7 Å². The fraction of sp³-hybridized carbons (Fsp3) is 0.393. The molecule has 35 heavy (non-hydrogen) atoms. The van der Waals surface area contributed by atoms with Crippen LogP contribution in [-0.2, 0) is 4.79 Å². The first-order valence-corrected chi connectivity index (χ1v) is 13.2. The highest BCUT2D eigenvalue weighted by Crippen LogP contribution is 2.36. The van der Waals surface area contributed by atoms with Crippen molar-refractivity contribution in [2.45, 2.75) is 56.5 Å². The number of H-pyrrole nitrogens is 1. The lowest BCUT2D eigenvalue weighted by molar-refractivity contribution is -0.117. The minimum Gasteiger partial charge on any atom is -0.508 e. The number of nitrogens with zero attached hydrogens (tertiary/aromatic N) is 1. The second kappa shape index (κ2) is 10.7. The summed E-state index contributed by atoms with van der Waals surface area (Å²) in [6.07, 6.45) is 12.0. The van der Waals surface area contributed by atoms with E-state index in [1.54, 1.807) is 30.4 Å². The standard InChI is InChI=1S/C28H31Cl2N3O2/c29-25-8-1-18(15-26(25)30)2-10-28(35)32-20-3-5-21(6-4-20)33-13-11-19(12-14-33)24-17-31-27-9-7-22(34)16-23(24)27/h1-2,7-10,15-17,19-21,31,34H,3-6,11-14H2,(H,32,35)/b10-2+. The van der Waals surface area contributed by atoms with E-state index >= 15 is 0 Å². The van der Waals surface area contributed by atoms with Gasteiger partial charge >= 0.3 is 0 Å². The van der Waals surface area contributed by atoms with Crippen LogP contribution in [0.1, 0.15) is 55.6 Å². The van der Waals surface area contributed by atoms with E-state index in [2.05, 4.69) is 21.4 Å². The maximum Gasteiger partial charge on any atom is 0.244 e. The van der Waals surface area contributed by atoms with Crippen LogP contribution in [0.4, 0.5) is 0 Å². The topological polar surface area (TPSA) is 68.4 Å². The fourth-order valence-corrected chi connectivity index (χ4v) is 5.97. The average molecular weight is 512 g/mol. The van der Waals surface area contributed by atoms with Crippen LogP contribution >= 0.6 is 23.2 Å². The van der Waals surface area contributed by atoms with E-state index in [1.807, 2.05) is 18.2 Å². The number of carbonyl (C=O) groups is 1. The van der Waals surface area contributed by atoms with E-state index in [0.717, 1.165) is 68.1 Å². The summed E-state index contributed by atoms with van der Waals surface area (Å²) >= 11 is 12.0. The maximum atomic E-state index is 12.4. The number of hydrogen-bond acceptors (Lipinski definition) is 3. The molecule has 1 aliphatic heterocycles. The van der Waals surface area contributed by atoms with Gasteiger partial charge in [0.05, 0.1) is 10.0 Å². The summed E-state index contributed by atoms with van der Waals surface area (Å²) in [6.45, 7) is 2.20. The van der Waals surface area contributed by atoms with Gasteiger partial charge in [-0.3, -0.25) is 4.79 Å². The molecular formula is C28H31Cl2N3O2. The van der Waals surface area contributed by atoms with Crippen LogP contribution in [0.25, 0.3) is 17.0 Å². The zero-order valence-corrected chi connectivity index (χ0v) is 21.2. The van der Waals surface area contributed by atoms with Crippen LogP contribution in [0.2, 0.25) is 10.0 Å². The monoisotopic (exact) mass is 511 g/mol. The molecule has 0 atom stereocenters. The molecule has 1 saturated carbocycles.